The average Bonchev–Trinajstić information content (AvgIpc) is 3.00. The van der Waals surface area contributed by atoms with Crippen LogP contribution in [-0.2, 0) is 6.54 Å². The highest BCUT2D eigenvalue weighted by Crippen LogP contribution is 2.20. The number of nitrogens with zero attached hydrogens (tertiary/aromatic N) is 1. The van der Waals surface area contributed by atoms with Gasteiger partial charge in [-0.05, 0) is 36.4 Å². The molecule has 0 radical (unpaired) electrons. The Morgan fingerprint density at radius 2 is 2.04 bits per heavy atom. The highest BCUT2D eigenvalue weighted by atomic mass is 35.5. The van der Waals surface area contributed by atoms with Gasteiger partial charge in [-0.15, -0.1) is 0 Å². The fraction of sp³-hybridized carbons (Fsp3) is 0.0588. The van der Waals surface area contributed by atoms with Gasteiger partial charge in [0.05, 0.1) is 0 Å². The van der Waals surface area contributed by atoms with Crippen molar-refractivity contribution in [1.82, 2.24) is 15.0 Å². The van der Waals surface area contributed by atoms with E-state index < -0.39 is 5.82 Å². The first-order chi connectivity index (χ1) is 11.6. The Morgan fingerprint density at radius 1 is 1.17 bits per heavy atom. The highest BCUT2D eigenvalue weighted by molar-refractivity contribution is 6.31. The number of H-pyrrole nitrogens is 2. The predicted octanol–water partition coefficient (Wildman–Crippen LogP) is 3.81. The molecule has 0 aliphatic carbocycles. The predicted molar refractivity (Wildman–Crippen MR) is 93.0 cm³/mol. The Bertz CT molecular complexity index is 1120. The molecule has 4 rings (SSSR count). The smallest absolute Gasteiger partial charge is 0.253 e. The maximum atomic E-state index is 14.1. The van der Waals surface area contributed by atoms with Gasteiger partial charge in [0.15, 0.2) is 11.6 Å². The number of hydrogen-bond donors (Lipinski definition) is 3. The SMILES string of the molecule is O=c1[nH]c2ccc(Cl)cc2cc1CNc1nc2[nH]ccc2cc1F. The maximum Gasteiger partial charge on any atom is 0.253 e. The third kappa shape index (κ3) is 2.61. The van der Waals surface area contributed by atoms with Crippen LogP contribution < -0.4 is 10.9 Å². The van der Waals surface area contributed by atoms with Crippen molar-refractivity contribution < 1.29 is 4.39 Å². The van der Waals surface area contributed by atoms with Gasteiger partial charge in [-0.1, -0.05) is 11.6 Å². The van der Waals surface area contributed by atoms with Crippen molar-refractivity contribution in [3.63, 3.8) is 0 Å². The van der Waals surface area contributed by atoms with E-state index in [0.29, 0.717) is 27.1 Å². The largest absolute Gasteiger partial charge is 0.363 e. The van der Waals surface area contributed by atoms with E-state index in [-0.39, 0.29) is 17.9 Å². The lowest BCUT2D eigenvalue weighted by atomic mass is 10.1. The Morgan fingerprint density at radius 3 is 2.92 bits per heavy atom. The van der Waals surface area contributed by atoms with Gasteiger partial charge in [0.25, 0.3) is 5.56 Å². The Hall–Kier alpha value is -2.86. The van der Waals surface area contributed by atoms with Crippen molar-refractivity contribution in [2.75, 3.05) is 5.32 Å². The normalized spacial score (nSPS) is 11.2. The molecule has 24 heavy (non-hydrogen) atoms. The van der Waals surface area contributed by atoms with Crippen molar-refractivity contribution in [3.05, 3.63) is 69.4 Å². The first kappa shape index (κ1) is 14.7. The zero-order chi connectivity index (χ0) is 16.7. The number of nitrogens with one attached hydrogen (secondary N) is 3. The minimum absolute atomic E-state index is 0.0931. The summed E-state index contributed by atoms with van der Waals surface area (Å²) in [7, 11) is 0. The molecule has 0 saturated carbocycles. The second-order valence-electron chi connectivity index (χ2n) is 5.44. The van der Waals surface area contributed by atoms with Crippen LogP contribution in [0.2, 0.25) is 5.02 Å². The van der Waals surface area contributed by atoms with E-state index in [1.165, 1.54) is 6.07 Å². The van der Waals surface area contributed by atoms with Crippen LogP contribution in [-0.4, -0.2) is 15.0 Å². The lowest BCUT2D eigenvalue weighted by Crippen LogP contribution is -2.16. The summed E-state index contributed by atoms with van der Waals surface area (Å²) in [5.41, 5.74) is 1.51. The molecule has 1 aromatic carbocycles. The molecule has 0 aliphatic heterocycles. The lowest BCUT2D eigenvalue weighted by molar-refractivity contribution is 0.627. The summed E-state index contributed by atoms with van der Waals surface area (Å²) in [6.07, 6.45) is 1.69. The fourth-order valence-electron chi connectivity index (χ4n) is 2.61. The quantitative estimate of drug-likeness (QED) is 0.530. The standard InChI is InChI=1S/C17H12ClFN4O/c18-12-1-2-14-10(6-12)5-11(17(24)22-14)8-21-16-13(19)7-9-3-4-20-15(9)23-16/h1-7H,8H2,(H,22,24)(H2,20,21,23). The van der Waals surface area contributed by atoms with Gasteiger partial charge >= 0.3 is 0 Å². The molecule has 7 heteroatoms. The second kappa shape index (κ2) is 5.65. The molecule has 3 N–H and O–H groups in total. The highest BCUT2D eigenvalue weighted by Gasteiger charge is 2.09. The number of halogens is 2. The molecule has 0 saturated heterocycles. The molecule has 3 aromatic heterocycles. The lowest BCUT2D eigenvalue weighted by Gasteiger charge is -2.08. The van der Waals surface area contributed by atoms with E-state index in [0.717, 1.165) is 5.39 Å². The molecule has 120 valence electrons. The Balaban J connectivity index is 1.67. The zero-order valence-electron chi connectivity index (χ0n) is 12.4. The number of anilines is 1. The first-order valence-electron chi connectivity index (χ1n) is 7.29. The monoisotopic (exact) mass is 342 g/mol. The minimum Gasteiger partial charge on any atom is -0.363 e. The molecule has 4 aromatic rings. The number of hydrogen-bond acceptors (Lipinski definition) is 3. The summed E-state index contributed by atoms with van der Waals surface area (Å²) in [5.74, 6) is -0.377. The number of benzene rings is 1. The van der Waals surface area contributed by atoms with Gasteiger partial charge in [0.2, 0.25) is 0 Å². The van der Waals surface area contributed by atoms with Gasteiger partial charge in [0, 0.05) is 39.6 Å². The van der Waals surface area contributed by atoms with Crippen LogP contribution in [0.5, 0.6) is 0 Å². The third-order valence-electron chi connectivity index (χ3n) is 3.82. The number of pyridine rings is 2. The van der Waals surface area contributed by atoms with E-state index in [4.69, 9.17) is 11.6 Å². The van der Waals surface area contributed by atoms with Gasteiger partial charge in [-0.2, -0.15) is 0 Å². The van der Waals surface area contributed by atoms with Gasteiger partial charge in [-0.25, -0.2) is 9.37 Å². The van der Waals surface area contributed by atoms with E-state index in [1.807, 2.05) is 0 Å². The van der Waals surface area contributed by atoms with Crippen molar-refractivity contribution >= 4 is 39.4 Å². The molecule has 0 atom stereocenters. The average molecular weight is 343 g/mol. The molecule has 3 heterocycles. The molecular weight excluding hydrogens is 331 g/mol. The minimum atomic E-state index is -0.470. The molecule has 0 fully saturated rings. The van der Waals surface area contributed by atoms with Gasteiger partial charge < -0.3 is 15.3 Å². The van der Waals surface area contributed by atoms with Crippen LogP contribution >= 0.6 is 11.6 Å². The second-order valence-corrected chi connectivity index (χ2v) is 5.88. The van der Waals surface area contributed by atoms with Crippen LogP contribution in [0.15, 0.2) is 47.4 Å². The van der Waals surface area contributed by atoms with Crippen LogP contribution in [0, 0.1) is 5.82 Å². The van der Waals surface area contributed by atoms with E-state index in [9.17, 15) is 9.18 Å². The van der Waals surface area contributed by atoms with Crippen molar-refractivity contribution in [1.29, 1.82) is 0 Å². The third-order valence-corrected chi connectivity index (χ3v) is 4.05. The summed E-state index contributed by atoms with van der Waals surface area (Å²) in [6.45, 7) is 0.147. The first-order valence-corrected chi connectivity index (χ1v) is 7.67. The van der Waals surface area contributed by atoms with Gasteiger partial charge in [-0.3, -0.25) is 4.79 Å². The van der Waals surface area contributed by atoms with E-state index in [2.05, 4.69) is 20.3 Å². The van der Waals surface area contributed by atoms with Crippen LogP contribution in [0.1, 0.15) is 5.56 Å². The molecule has 5 nitrogen and oxygen atoms in total. The van der Waals surface area contributed by atoms with Crippen LogP contribution in [0.4, 0.5) is 10.2 Å². The van der Waals surface area contributed by atoms with Gasteiger partial charge in [0.1, 0.15) is 5.65 Å². The summed E-state index contributed by atoms with van der Waals surface area (Å²) >= 11 is 5.98. The summed E-state index contributed by atoms with van der Waals surface area (Å²) < 4.78 is 14.1. The zero-order valence-corrected chi connectivity index (χ0v) is 13.1. The molecular formula is C17H12ClFN4O. The van der Waals surface area contributed by atoms with Crippen molar-refractivity contribution in [3.8, 4) is 0 Å². The number of rotatable bonds is 3. The van der Waals surface area contributed by atoms with Crippen molar-refractivity contribution in [2.45, 2.75) is 6.54 Å². The summed E-state index contributed by atoms with van der Waals surface area (Å²) in [6, 6.07) is 10.1. The summed E-state index contributed by atoms with van der Waals surface area (Å²) in [5, 5.41) is 4.96. The fourth-order valence-corrected chi connectivity index (χ4v) is 2.79. The number of aromatic amines is 2. The van der Waals surface area contributed by atoms with Crippen LogP contribution in [0.25, 0.3) is 21.9 Å². The summed E-state index contributed by atoms with van der Waals surface area (Å²) in [4.78, 5) is 22.0. The Kier molecular flexibility index (Phi) is 3.46. The van der Waals surface area contributed by atoms with Crippen LogP contribution in [0.3, 0.4) is 0 Å². The molecule has 0 unspecified atom stereocenters. The Labute approximate surface area is 140 Å². The number of aromatic nitrogens is 3. The van der Waals surface area contributed by atoms with E-state index in [1.54, 1.807) is 36.5 Å². The molecule has 0 amide bonds. The topological polar surface area (TPSA) is 73.6 Å². The molecule has 0 spiro atoms. The maximum absolute atomic E-state index is 14.1. The molecule has 0 aliphatic rings. The van der Waals surface area contributed by atoms with E-state index >= 15 is 0 Å². The number of fused-ring (bicyclic) bond motifs is 2. The van der Waals surface area contributed by atoms with Crippen molar-refractivity contribution in [2.24, 2.45) is 0 Å². The molecule has 0 bridgehead atoms.